The van der Waals surface area contributed by atoms with Gasteiger partial charge in [-0.1, -0.05) is 48.0 Å². The van der Waals surface area contributed by atoms with E-state index in [4.69, 9.17) is 5.73 Å². The molecule has 2 amide bonds. The third-order valence-corrected chi connectivity index (χ3v) is 4.13. The fourth-order valence-corrected chi connectivity index (χ4v) is 2.25. The number of hydrogen-bond acceptors (Lipinski definition) is 4. The zero-order chi connectivity index (χ0) is 19.0. The molecule has 24 heavy (non-hydrogen) atoms. The van der Waals surface area contributed by atoms with E-state index in [0.717, 1.165) is 6.42 Å². The third-order valence-electron chi connectivity index (χ3n) is 4.13. The van der Waals surface area contributed by atoms with Crippen LogP contribution in [0.1, 0.15) is 54.4 Å². The number of hydrogen-bond donors (Lipinski definition) is 4. The maximum atomic E-state index is 12.4. The lowest BCUT2D eigenvalue weighted by molar-refractivity contribution is -0.143. The molecule has 0 saturated carbocycles. The molecule has 0 heterocycles. The Morgan fingerprint density at radius 3 is 1.92 bits per heavy atom. The first kappa shape index (κ1) is 22.4. The molecule has 0 fully saturated rings. The van der Waals surface area contributed by atoms with E-state index < -0.39 is 35.9 Å². The Morgan fingerprint density at radius 1 is 1.00 bits per heavy atom. The smallest absolute Gasteiger partial charge is 0.326 e. The molecule has 0 unspecified atom stereocenters. The van der Waals surface area contributed by atoms with E-state index >= 15 is 0 Å². The van der Waals surface area contributed by atoms with Crippen molar-refractivity contribution >= 4 is 17.8 Å². The van der Waals surface area contributed by atoms with Gasteiger partial charge < -0.3 is 21.5 Å². The average molecular weight is 343 g/mol. The number of carboxylic acid groups (broad SMARTS) is 1. The number of nitrogens with two attached hydrogens (primary N) is 1. The molecule has 0 radical (unpaired) electrons. The van der Waals surface area contributed by atoms with Crippen molar-refractivity contribution in [3.05, 3.63) is 0 Å². The Bertz CT molecular complexity index is 438. The van der Waals surface area contributed by atoms with Crippen LogP contribution >= 0.6 is 0 Å². The van der Waals surface area contributed by atoms with E-state index in [0.29, 0.717) is 6.42 Å². The number of carboxylic acids is 1. The van der Waals surface area contributed by atoms with Crippen LogP contribution in [0, 0.1) is 17.8 Å². The zero-order valence-electron chi connectivity index (χ0n) is 15.6. The molecule has 0 aliphatic carbocycles. The van der Waals surface area contributed by atoms with Crippen molar-refractivity contribution in [1.29, 1.82) is 0 Å². The Kier molecular flexibility index (Phi) is 9.58. The molecule has 0 rings (SSSR count). The van der Waals surface area contributed by atoms with Crippen molar-refractivity contribution in [3.63, 3.8) is 0 Å². The highest BCUT2D eigenvalue weighted by Crippen LogP contribution is 2.10. The Morgan fingerprint density at radius 2 is 1.54 bits per heavy atom. The molecule has 0 saturated heterocycles. The number of carbonyl (C=O) groups is 3. The second-order valence-electron chi connectivity index (χ2n) is 7.17. The second-order valence-corrected chi connectivity index (χ2v) is 7.17. The highest BCUT2D eigenvalue weighted by atomic mass is 16.4. The quantitative estimate of drug-likeness (QED) is 0.473. The molecule has 0 aliphatic heterocycles. The van der Waals surface area contributed by atoms with Gasteiger partial charge in [0.15, 0.2) is 0 Å². The molecular formula is C17H33N3O4. The first-order valence-corrected chi connectivity index (χ1v) is 8.60. The number of carbonyl (C=O) groups excluding carboxylic acids is 2. The van der Waals surface area contributed by atoms with Gasteiger partial charge in [-0.25, -0.2) is 4.79 Å². The monoisotopic (exact) mass is 343 g/mol. The van der Waals surface area contributed by atoms with Gasteiger partial charge in [0.05, 0.1) is 6.04 Å². The van der Waals surface area contributed by atoms with Crippen molar-refractivity contribution in [3.8, 4) is 0 Å². The van der Waals surface area contributed by atoms with Crippen LogP contribution in [-0.2, 0) is 14.4 Å². The summed E-state index contributed by atoms with van der Waals surface area (Å²) in [4.78, 5) is 36.0. The Balaban J connectivity index is 5.01. The fraction of sp³-hybridized carbons (Fsp3) is 0.824. The standard InChI is InChI=1S/C17H33N3O4/c1-7-11(6)13(18)15(21)20-14(10(4)5)16(22)19-12(17(23)24)8-9(2)3/h9-14H,7-8,18H2,1-6H3,(H,19,22)(H,20,21)(H,23,24)/t11-,12-,13-,14-/m0/s1. The molecule has 7 nitrogen and oxygen atoms in total. The van der Waals surface area contributed by atoms with Crippen LogP contribution in [0.3, 0.4) is 0 Å². The molecule has 0 spiro atoms. The summed E-state index contributed by atoms with van der Waals surface area (Å²) in [6.07, 6.45) is 1.08. The fourth-order valence-electron chi connectivity index (χ4n) is 2.25. The summed E-state index contributed by atoms with van der Waals surface area (Å²) >= 11 is 0. The largest absolute Gasteiger partial charge is 0.480 e. The normalized spacial score (nSPS) is 16.4. The zero-order valence-corrected chi connectivity index (χ0v) is 15.6. The lowest BCUT2D eigenvalue weighted by Gasteiger charge is -2.27. The molecule has 0 aromatic carbocycles. The number of rotatable bonds is 10. The molecule has 5 N–H and O–H groups in total. The van der Waals surface area contributed by atoms with Crippen LogP contribution in [0.4, 0.5) is 0 Å². The van der Waals surface area contributed by atoms with Gasteiger partial charge >= 0.3 is 5.97 Å². The first-order valence-electron chi connectivity index (χ1n) is 8.60. The van der Waals surface area contributed by atoms with Gasteiger partial charge in [-0.05, 0) is 24.2 Å². The molecule has 4 atom stereocenters. The summed E-state index contributed by atoms with van der Waals surface area (Å²) in [5.41, 5.74) is 5.90. The summed E-state index contributed by atoms with van der Waals surface area (Å²) in [5.74, 6) is -2.05. The summed E-state index contributed by atoms with van der Waals surface area (Å²) in [7, 11) is 0. The van der Waals surface area contributed by atoms with Gasteiger partial charge in [-0.15, -0.1) is 0 Å². The van der Waals surface area contributed by atoms with Gasteiger partial charge in [0, 0.05) is 0 Å². The second kappa shape index (κ2) is 10.3. The minimum Gasteiger partial charge on any atom is -0.480 e. The Labute approximate surface area is 144 Å². The molecule has 7 heteroatoms. The molecule has 140 valence electrons. The molecule has 0 bridgehead atoms. The number of nitrogens with one attached hydrogen (secondary N) is 2. The van der Waals surface area contributed by atoms with Crippen LogP contribution < -0.4 is 16.4 Å². The molecule has 0 aromatic rings. The van der Waals surface area contributed by atoms with E-state index in [-0.39, 0.29) is 17.8 Å². The van der Waals surface area contributed by atoms with E-state index in [1.807, 2.05) is 27.7 Å². The lowest BCUT2D eigenvalue weighted by atomic mass is 9.97. The summed E-state index contributed by atoms with van der Waals surface area (Å²) in [5, 5.41) is 14.4. The van der Waals surface area contributed by atoms with E-state index in [9.17, 15) is 19.5 Å². The van der Waals surface area contributed by atoms with Crippen molar-refractivity contribution in [2.75, 3.05) is 0 Å². The van der Waals surface area contributed by atoms with E-state index in [2.05, 4.69) is 10.6 Å². The van der Waals surface area contributed by atoms with Crippen LogP contribution in [0.2, 0.25) is 0 Å². The van der Waals surface area contributed by atoms with E-state index in [1.54, 1.807) is 13.8 Å². The van der Waals surface area contributed by atoms with Gasteiger partial charge in [0.1, 0.15) is 12.1 Å². The van der Waals surface area contributed by atoms with Gasteiger partial charge in [-0.3, -0.25) is 9.59 Å². The summed E-state index contributed by atoms with van der Waals surface area (Å²) < 4.78 is 0. The van der Waals surface area contributed by atoms with Crippen LogP contribution in [0.5, 0.6) is 0 Å². The van der Waals surface area contributed by atoms with Crippen molar-refractivity contribution < 1.29 is 19.5 Å². The lowest BCUT2D eigenvalue weighted by Crippen LogP contribution is -2.57. The highest BCUT2D eigenvalue weighted by molar-refractivity contribution is 5.92. The predicted octanol–water partition coefficient (Wildman–Crippen LogP) is 1.12. The van der Waals surface area contributed by atoms with Crippen LogP contribution in [-0.4, -0.2) is 41.0 Å². The maximum absolute atomic E-state index is 12.4. The predicted molar refractivity (Wildman–Crippen MR) is 93.2 cm³/mol. The van der Waals surface area contributed by atoms with Gasteiger partial charge in [0.2, 0.25) is 11.8 Å². The van der Waals surface area contributed by atoms with Crippen molar-refractivity contribution in [2.24, 2.45) is 23.5 Å². The topological polar surface area (TPSA) is 122 Å². The average Bonchev–Trinajstić information content (AvgIpc) is 2.48. The minimum absolute atomic E-state index is 0.00594. The maximum Gasteiger partial charge on any atom is 0.326 e. The van der Waals surface area contributed by atoms with E-state index in [1.165, 1.54) is 0 Å². The van der Waals surface area contributed by atoms with Gasteiger partial charge in [-0.2, -0.15) is 0 Å². The first-order chi connectivity index (χ1) is 11.0. The number of aliphatic carboxylic acids is 1. The van der Waals surface area contributed by atoms with Crippen molar-refractivity contribution in [1.82, 2.24) is 10.6 Å². The highest BCUT2D eigenvalue weighted by Gasteiger charge is 2.31. The molecular weight excluding hydrogens is 310 g/mol. The summed E-state index contributed by atoms with van der Waals surface area (Å²) in [6.45, 7) is 11.2. The number of amides is 2. The SMILES string of the molecule is CC[C@H](C)[C@H](N)C(=O)N[C@H](C(=O)N[C@@H](CC(C)C)C(=O)O)C(C)C. The molecule has 0 aliphatic rings. The summed E-state index contributed by atoms with van der Waals surface area (Å²) in [6, 6.07) is -2.49. The van der Waals surface area contributed by atoms with Crippen LogP contribution in [0.15, 0.2) is 0 Å². The third kappa shape index (κ3) is 7.29. The van der Waals surface area contributed by atoms with Crippen molar-refractivity contribution in [2.45, 2.75) is 72.5 Å². The Hall–Kier alpha value is -1.63. The van der Waals surface area contributed by atoms with Gasteiger partial charge in [0.25, 0.3) is 0 Å². The van der Waals surface area contributed by atoms with Crippen LogP contribution in [0.25, 0.3) is 0 Å². The molecule has 0 aromatic heterocycles. The minimum atomic E-state index is -1.08.